The van der Waals surface area contributed by atoms with E-state index in [2.05, 4.69) is 15.3 Å². The van der Waals surface area contributed by atoms with Gasteiger partial charge in [0.1, 0.15) is 27.6 Å². The number of carbonyl (C=O) groups excluding carboxylic acids is 1. The summed E-state index contributed by atoms with van der Waals surface area (Å²) < 4.78 is 5.31. The number of thiophene rings is 1. The number of hydrogen-bond donors (Lipinski definition) is 2. The number of aromatic nitrogens is 2. The summed E-state index contributed by atoms with van der Waals surface area (Å²) in [7, 11) is 0. The average molecular weight is 402 g/mol. The molecular weight excluding hydrogens is 384 g/mol. The molecule has 2 heterocycles. The largest absolute Gasteiger partial charge is 0.506 e. The smallest absolute Gasteiger partial charge is 0.348 e. The van der Waals surface area contributed by atoms with Gasteiger partial charge >= 0.3 is 5.97 Å². The van der Waals surface area contributed by atoms with Crippen molar-refractivity contribution in [1.82, 2.24) is 9.97 Å². The number of aromatic hydroxyl groups is 1. The van der Waals surface area contributed by atoms with E-state index in [-0.39, 0.29) is 23.0 Å². The topological polar surface area (TPSA) is 127 Å². The summed E-state index contributed by atoms with van der Waals surface area (Å²) in [6.45, 7) is 5.96. The van der Waals surface area contributed by atoms with Crippen LogP contribution in [0.1, 0.15) is 29.1 Å². The second kappa shape index (κ2) is 7.77. The fourth-order valence-corrected chi connectivity index (χ4v) is 3.58. The molecule has 146 valence electrons. The highest BCUT2D eigenvalue weighted by molar-refractivity contribution is 7.20. The standard InChI is InChI=1S/C18H18N4O5S/c1-9(2)7-27-18(24)15-10(3)14-16(19-8-20-17(14)28-15)21-12-6-11(22(25)26)4-5-13(12)23/h4-6,8-9,23H,7H2,1-3H3,(H,19,20,21). The molecule has 1 aromatic carbocycles. The van der Waals surface area contributed by atoms with Crippen molar-refractivity contribution < 1.29 is 19.6 Å². The Morgan fingerprint density at radius 2 is 2.14 bits per heavy atom. The van der Waals surface area contributed by atoms with Gasteiger partial charge in [-0.25, -0.2) is 14.8 Å². The second-order valence-corrected chi connectivity index (χ2v) is 7.53. The Morgan fingerprint density at radius 1 is 1.39 bits per heavy atom. The summed E-state index contributed by atoms with van der Waals surface area (Å²) in [4.78, 5) is 32.2. The number of aryl methyl sites for hydroxylation is 1. The Hall–Kier alpha value is -3.27. The first-order valence-electron chi connectivity index (χ1n) is 8.43. The van der Waals surface area contributed by atoms with Gasteiger partial charge in [0.2, 0.25) is 0 Å². The van der Waals surface area contributed by atoms with E-state index in [1.165, 1.54) is 35.9 Å². The quantitative estimate of drug-likeness (QED) is 0.272. The molecule has 9 nitrogen and oxygen atoms in total. The number of rotatable bonds is 6. The lowest BCUT2D eigenvalue weighted by Crippen LogP contribution is -2.09. The van der Waals surface area contributed by atoms with Gasteiger partial charge in [0.25, 0.3) is 5.69 Å². The minimum Gasteiger partial charge on any atom is -0.506 e. The summed E-state index contributed by atoms with van der Waals surface area (Å²) in [5, 5.41) is 24.5. The Balaban J connectivity index is 2.00. The number of nitrogens with zero attached hydrogens (tertiary/aromatic N) is 3. The van der Waals surface area contributed by atoms with E-state index in [9.17, 15) is 20.0 Å². The van der Waals surface area contributed by atoms with Crippen LogP contribution in [0.4, 0.5) is 17.2 Å². The van der Waals surface area contributed by atoms with Crippen molar-refractivity contribution in [1.29, 1.82) is 0 Å². The minimum absolute atomic E-state index is 0.128. The molecule has 2 aromatic heterocycles. The summed E-state index contributed by atoms with van der Waals surface area (Å²) in [6.07, 6.45) is 1.32. The third-order valence-electron chi connectivity index (χ3n) is 3.90. The van der Waals surface area contributed by atoms with Crippen LogP contribution in [0, 0.1) is 23.0 Å². The van der Waals surface area contributed by atoms with Crippen LogP contribution >= 0.6 is 11.3 Å². The summed E-state index contributed by atoms with van der Waals surface area (Å²) >= 11 is 1.18. The van der Waals surface area contributed by atoms with Gasteiger partial charge in [-0.1, -0.05) is 13.8 Å². The molecule has 0 aliphatic heterocycles. The molecular formula is C18H18N4O5S. The maximum atomic E-state index is 12.4. The first-order chi connectivity index (χ1) is 13.3. The molecule has 2 N–H and O–H groups in total. The van der Waals surface area contributed by atoms with Gasteiger partial charge in [-0.3, -0.25) is 10.1 Å². The molecule has 0 unspecified atom stereocenters. The monoisotopic (exact) mass is 402 g/mol. The lowest BCUT2D eigenvalue weighted by Gasteiger charge is -2.09. The van der Waals surface area contributed by atoms with Gasteiger partial charge in [0.15, 0.2) is 0 Å². The number of benzene rings is 1. The van der Waals surface area contributed by atoms with Crippen molar-refractivity contribution in [3.63, 3.8) is 0 Å². The molecule has 3 aromatic rings. The van der Waals surface area contributed by atoms with Crippen LogP contribution in [0.2, 0.25) is 0 Å². The van der Waals surface area contributed by atoms with Crippen LogP contribution in [0.25, 0.3) is 10.2 Å². The summed E-state index contributed by atoms with van der Waals surface area (Å²) in [5.41, 5.74) is 0.594. The Labute approximate surface area is 164 Å². The lowest BCUT2D eigenvalue weighted by molar-refractivity contribution is -0.384. The number of fused-ring (bicyclic) bond motifs is 1. The van der Waals surface area contributed by atoms with Crippen molar-refractivity contribution in [2.45, 2.75) is 20.8 Å². The normalized spacial score (nSPS) is 11.0. The number of nitrogens with one attached hydrogen (secondary N) is 1. The average Bonchev–Trinajstić information content (AvgIpc) is 2.99. The number of carbonyl (C=O) groups is 1. The van der Waals surface area contributed by atoms with Gasteiger partial charge < -0.3 is 15.2 Å². The van der Waals surface area contributed by atoms with Crippen LogP contribution < -0.4 is 5.32 Å². The Morgan fingerprint density at radius 3 is 2.82 bits per heavy atom. The number of non-ortho nitro benzene ring substituents is 1. The third kappa shape index (κ3) is 3.86. The summed E-state index contributed by atoms with van der Waals surface area (Å²) in [5.74, 6) is -0.0508. The van der Waals surface area contributed by atoms with Crippen LogP contribution in [0.15, 0.2) is 24.5 Å². The van der Waals surface area contributed by atoms with Crippen molar-refractivity contribution in [2.24, 2.45) is 5.92 Å². The number of nitro groups is 1. The number of anilines is 2. The van der Waals surface area contributed by atoms with E-state index < -0.39 is 10.9 Å². The SMILES string of the molecule is Cc1c(C(=O)OCC(C)C)sc2ncnc(Nc3cc([N+](=O)[O-])ccc3O)c12. The maximum absolute atomic E-state index is 12.4. The molecule has 0 spiro atoms. The molecule has 0 amide bonds. The van der Waals surface area contributed by atoms with Gasteiger partial charge in [-0.05, 0) is 24.5 Å². The molecule has 0 atom stereocenters. The highest BCUT2D eigenvalue weighted by Gasteiger charge is 2.21. The molecule has 0 fully saturated rings. The zero-order valence-corrected chi connectivity index (χ0v) is 16.2. The number of nitro benzene ring substituents is 1. The van der Waals surface area contributed by atoms with Crippen molar-refractivity contribution in [3.8, 4) is 5.75 Å². The van der Waals surface area contributed by atoms with Crippen LogP contribution in [0.5, 0.6) is 5.75 Å². The van der Waals surface area contributed by atoms with Gasteiger partial charge in [0, 0.05) is 12.1 Å². The molecule has 10 heteroatoms. The highest BCUT2D eigenvalue weighted by atomic mass is 32.1. The molecule has 0 aliphatic carbocycles. The molecule has 0 radical (unpaired) electrons. The van der Waals surface area contributed by atoms with Crippen molar-refractivity contribution in [3.05, 3.63) is 45.1 Å². The van der Waals surface area contributed by atoms with Gasteiger partial charge in [0.05, 0.1) is 22.6 Å². The first-order valence-corrected chi connectivity index (χ1v) is 9.25. The van der Waals surface area contributed by atoms with E-state index in [4.69, 9.17) is 4.74 Å². The molecule has 0 saturated carbocycles. The molecule has 0 bridgehead atoms. The maximum Gasteiger partial charge on any atom is 0.348 e. The van der Waals surface area contributed by atoms with Gasteiger partial charge in [-0.15, -0.1) is 11.3 Å². The van der Waals surface area contributed by atoms with E-state index in [0.717, 1.165) is 0 Å². The summed E-state index contributed by atoms with van der Waals surface area (Å²) in [6, 6.07) is 3.64. The second-order valence-electron chi connectivity index (χ2n) is 6.53. The van der Waals surface area contributed by atoms with Crippen molar-refractivity contribution >= 4 is 44.7 Å². The number of phenols is 1. The lowest BCUT2D eigenvalue weighted by atomic mass is 10.2. The Bertz CT molecular complexity index is 1060. The Kier molecular flexibility index (Phi) is 5.41. The number of esters is 1. The van der Waals surface area contributed by atoms with Gasteiger partial charge in [-0.2, -0.15) is 0 Å². The molecule has 3 rings (SSSR count). The van der Waals surface area contributed by atoms with E-state index in [1.807, 2.05) is 13.8 Å². The molecule has 28 heavy (non-hydrogen) atoms. The fourth-order valence-electron chi connectivity index (χ4n) is 2.53. The first kappa shape index (κ1) is 19.5. The van der Waals surface area contributed by atoms with Crippen LogP contribution in [0.3, 0.4) is 0 Å². The van der Waals surface area contributed by atoms with E-state index in [0.29, 0.717) is 33.1 Å². The minimum atomic E-state index is -0.557. The third-order valence-corrected chi connectivity index (χ3v) is 5.08. The zero-order valence-electron chi connectivity index (χ0n) is 15.4. The fraction of sp³-hybridized carbons (Fsp3) is 0.278. The number of ether oxygens (including phenoxy) is 1. The van der Waals surface area contributed by atoms with E-state index in [1.54, 1.807) is 6.92 Å². The van der Waals surface area contributed by atoms with Crippen molar-refractivity contribution in [2.75, 3.05) is 11.9 Å². The predicted molar refractivity (Wildman–Crippen MR) is 105 cm³/mol. The molecule has 0 saturated heterocycles. The highest BCUT2D eigenvalue weighted by Crippen LogP contribution is 2.37. The van der Waals surface area contributed by atoms with Crippen LogP contribution in [-0.2, 0) is 4.74 Å². The van der Waals surface area contributed by atoms with E-state index >= 15 is 0 Å². The zero-order chi connectivity index (χ0) is 20.4. The van der Waals surface area contributed by atoms with Crippen LogP contribution in [-0.4, -0.2) is 32.6 Å². The number of phenolic OH excluding ortho intramolecular Hbond substituents is 1. The number of hydrogen-bond acceptors (Lipinski definition) is 9. The predicted octanol–water partition coefficient (Wildman–Crippen LogP) is 4.17. The molecule has 0 aliphatic rings.